The van der Waals surface area contributed by atoms with Crippen LogP contribution in [-0.2, 0) is 4.79 Å². The van der Waals surface area contributed by atoms with Crippen LogP contribution in [-0.4, -0.2) is 10.9 Å². The molecule has 0 saturated carbocycles. The molecule has 1 aromatic heterocycles. The van der Waals surface area contributed by atoms with Crippen LogP contribution in [0.3, 0.4) is 0 Å². The molecule has 1 aliphatic heterocycles. The Morgan fingerprint density at radius 3 is 2.48 bits per heavy atom. The first kappa shape index (κ1) is 17.4. The second-order valence-corrected chi connectivity index (χ2v) is 7.30. The molecule has 3 nitrogen and oxygen atoms in total. The lowest BCUT2D eigenvalue weighted by Gasteiger charge is -2.25. The minimum absolute atomic E-state index is 0.0238. The van der Waals surface area contributed by atoms with Crippen molar-refractivity contribution in [2.24, 2.45) is 0 Å². The molecule has 0 N–H and O–H groups in total. The maximum Gasteiger partial charge on any atom is 0.259 e. The molecule has 0 radical (unpaired) electrons. The summed E-state index contributed by atoms with van der Waals surface area (Å²) in [6.45, 7) is 2.07. The van der Waals surface area contributed by atoms with Gasteiger partial charge in [0.15, 0.2) is 0 Å². The molecule has 3 heteroatoms. The van der Waals surface area contributed by atoms with Gasteiger partial charge in [0.2, 0.25) is 0 Å². The normalized spacial score (nSPS) is 15.7. The van der Waals surface area contributed by atoms with Crippen molar-refractivity contribution in [1.29, 1.82) is 0 Å². The van der Waals surface area contributed by atoms with E-state index in [-0.39, 0.29) is 11.9 Å². The number of hydrogen-bond donors (Lipinski definition) is 0. The van der Waals surface area contributed by atoms with Crippen molar-refractivity contribution in [3.8, 4) is 0 Å². The van der Waals surface area contributed by atoms with Crippen molar-refractivity contribution in [3.05, 3.63) is 108 Å². The highest BCUT2D eigenvalue weighted by Crippen LogP contribution is 2.42. The summed E-state index contributed by atoms with van der Waals surface area (Å²) in [7, 11) is 0. The first-order valence-corrected chi connectivity index (χ1v) is 9.77. The molecule has 1 atom stereocenters. The number of anilines is 1. The molecular formula is C26H20N2O. The lowest BCUT2D eigenvalue weighted by atomic mass is 10.0. The van der Waals surface area contributed by atoms with Crippen molar-refractivity contribution in [2.45, 2.75) is 13.0 Å². The van der Waals surface area contributed by atoms with E-state index in [0.29, 0.717) is 5.57 Å². The van der Waals surface area contributed by atoms with Gasteiger partial charge in [-0.05, 0) is 42.3 Å². The zero-order valence-corrected chi connectivity index (χ0v) is 16.1. The summed E-state index contributed by atoms with van der Waals surface area (Å²) in [4.78, 5) is 19.9. The molecule has 0 spiro atoms. The Hall–Kier alpha value is -3.72. The van der Waals surface area contributed by atoms with E-state index in [9.17, 15) is 4.79 Å². The number of carbonyl (C=O) groups excluding carboxylic acids is 1. The minimum Gasteiger partial charge on any atom is -0.301 e. The van der Waals surface area contributed by atoms with Gasteiger partial charge in [-0.2, -0.15) is 0 Å². The van der Waals surface area contributed by atoms with Crippen LogP contribution in [0.4, 0.5) is 5.69 Å². The standard InChI is InChI=1S/C26H20N2O/c1-18(20-9-3-2-4-10-20)28-25-14-8-6-12-22(25)23(26(28)29)16-19-15-21-11-5-7-13-24(21)27-17-19/h2-18H,1H3/b23-16+. The molecule has 1 aliphatic rings. The summed E-state index contributed by atoms with van der Waals surface area (Å²) < 4.78 is 0. The van der Waals surface area contributed by atoms with Crippen LogP contribution < -0.4 is 4.90 Å². The van der Waals surface area contributed by atoms with Gasteiger partial charge in [-0.25, -0.2) is 0 Å². The van der Waals surface area contributed by atoms with E-state index in [1.165, 1.54) is 0 Å². The Morgan fingerprint density at radius 2 is 1.62 bits per heavy atom. The summed E-state index contributed by atoms with van der Waals surface area (Å²) in [5.74, 6) is 0.0238. The van der Waals surface area contributed by atoms with Gasteiger partial charge in [0.05, 0.1) is 17.2 Å². The van der Waals surface area contributed by atoms with Crippen LogP contribution in [0.1, 0.15) is 29.7 Å². The molecule has 3 aromatic carbocycles. The van der Waals surface area contributed by atoms with Gasteiger partial charge in [-0.1, -0.05) is 66.7 Å². The summed E-state index contributed by atoms with van der Waals surface area (Å²) in [5, 5.41) is 1.06. The number of hydrogen-bond acceptors (Lipinski definition) is 2. The van der Waals surface area contributed by atoms with E-state index < -0.39 is 0 Å². The molecule has 0 saturated heterocycles. The van der Waals surface area contributed by atoms with Crippen molar-refractivity contribution in [2.75, 3.05) is 4.90 Å². The highest BCUT2D eigenvalue weighted by atomic mass is 16.2. The van der Waals surface area contributed by atoms with Crippen LogP contribution in [0.5, 0.6) is 0 Å². The van der Waals surface area contributed by atoms with Gasteiger partial charge >= 0.3 is 0 Å². The van der Waals surface area contributed by atoms with Gasteiger partial charge in [0.25, 0.3) is 5.91 Å². The second-order valence-electron chi connectivity index (χ2n) is 7.30. The smallest absolute Gasteiger partial charge is 0.259 e. The number of carbonyl (C=O) groups is 1. The Balaban J connectivity index is 1.60. The van der Waals surface area contributed by atoms with Crippen molar-refractivity contribution in [3.63, 3.8) is 0 Å². The van der Waals surface area contributed by atoms with E-state index in [1.54, 1.807) is 0 Å². The molecular weight excluding hydrogens is 356 g/mol. The highest BCUT2D eigenvalue weighted by Gasteiger charge is 2.35. The van der Waals surface area contributed by atoms with Crippen LogP contribution >= 0.6 is 0 Å². The molecule has 29 heavy (non-hydrogen) atoms. The van der Waals surface area contributed by atoms with Crippen LogP contribution in [0.2, 0.25) is 0 Å². The summed E-state index contributed by atoms with van der Waals surface area (Å²) in [6, 6.07) is 28.2. The Bertz CT molecular complexity index is 1240. The Labute approximate surface area is 169 Å². The monoisotopic (exact) mass is 376 g/mol. The molecule has 140 valence electrons. The Kier molecular flexibility index (Phi) is 4.21. The van der Waals surface area contributed by atoms with Crippen LogP contribution in [0, 0.1) is 0 Å². The zero-order chi connectivity index (χ0) is 19.8. The fourth-order valence-electron chi connectivity index (χ4n) is 4.00. The average Bonchev–Trinajstić information content (AvgIpc) is 3.05. The quantitative estimate of drug-likeness (QED) is 0.418. The van der Waals surface area contributed by atoms with Gasteiger partial charge in [-0.3, -0.25) is 9.78 Å². The fourth-order valence-corrected chi connectivity index (χ4v) is 4.00. The van der Waals surface area contributed by atoms with Gasteiger partial charge < -0.3 is 4.90 Å². The molecule has 4 aromatic rings. The minimum atomic E-state index is -0.0505. The number of benzene rings is 3. The number of fused-ring (bicyclic) bond motifs is 2. The lowest BCUT2D eigenvalue weighted by Crippen LogP contribution is -2.29. The van der Waals surface area contributed by atoms with Gasteiger partial charge in [0.1, 0.15) is 0 Å². The first-order valence-electron chi connectivity index (χ1n) is 9.77. The molecule has 1 unspecified atom stereocenters. The zero-order valence-electron chi connectivity index (χ0n) is 16.1. The van der Waals surface area contributed by atoms with Crippen molar-refractivity contribution >= 4 is 34.1 Å². The number of rotatable bonds is 3. The number of amides is 1. The number of pyridine rings is 1. The van der Waals surface area contributed by atoms with E-state index in [1.807, 2.05) is 83.9 Å². The SMILES string of the molecule is CC(c1ccccc1)N1C(=O)/C(=C/c2cnc3ccccc3c2)c2ccccc21. The predicted molar refractivity (Wildman–Crippen MR) is 118 cm³/mol. The summed E-state index contributed by atoms with van der Waals surface area (Å²) in [6.07, 6.45) is 3.78. The van der Waals surface area contributed by atoms with E-state index in [0.717, 1.165) is 33.3 Å². The number of aromatic nitrogens is 1. The van der Waals surface area contributed by atoms with Gasteiger partial charge in [0, 0.05) is 22.7 Å². The fraction of sp³-hybridized carbons (Fsp3) is 0.0769. The third-order valence-electron chi connectivity index (χ3n) is 5.49. The maximum atomic E-state index is 13.5. The van der Waals surface area contributed by atoms with Crippen LogP contribution in [0.15, 0.2) is 91.1 Å². The Morgan fingerprint density at radius 1 is 0.897 bits per heavy atom. The van der Waals surface area contributed by atoms with E-state index in [2.05, 4.69) is 30.1 Å². The molecule has 5 rings (SSSR count). The van der Waals surface area contributed by atoms with Crippen molar-refractivity contribution in [1.82, 2.24) is 4.98 Å². The third kappa shape index (κ3) is 3.01. The second kappa shape index (κ2) is 7.02. The van der Waals surface area contributed by atoms with Crippen molar-refractivity contribution < 1.29 is 4.79 Å². The predicted octanol–water partition coefficient (Wildman–Crippen LogP) is 5.88. The highest BCUT2D eigenvalue weighted by molar-refractivity contribution is 6.36. The van der Waals surface area contributed by atoms with E-state index in [4.69, 9.17) is 0 Å². The molecule has 0 aliphatic carbocycles. The maximum absolute atomic E-state index is 13.5. The number of nitrogens with zero attached hydrogens (tertiary/aromatic N) is 2. The molecule has 1 amide bonds. The topological polar surface area (TPSA) is 33.2 Å². The largest absolute Gasteiger partial charge is 0.301 e. The molecule has 2 heterocycles. The summed E-state index contributed by atoms with van der Waals surface area (Å²) >= 11 is 0. The lowest BCUT2D eigenvalue weighted by molar-refractivity contribution is -0.113. The molecule has 0 bridgehead atoms. The molecule has 0 fully saturated rings. The number of para-hydroxylation sites is 2. The summed E-state index contributed by atoms with van der Waals surface area (Å²) in [5.41, 5.74) is 5.62. The van der Waals surface area contributed by atoms with Gasteiger partial charge in [-0.15, -0.1) is 0 Å². The van der Waals surface area contributed by atoms with E-state index >= 15 is 0 Å². The van der Waals surface area contributed by atoms with Crippen LogP contribution in [0.25, 0.3) is 22.6 Å². The first-order chi connectivity index (χ1) is 14.2. The third-order valence-corrected chi connectivity index (χ3v) is 5.49. The average molecular weight is 376 g/mol.